The van der Waals surface area contributed by atoms with Crippen LogP contribution >= 0.6 is 0 Å². The van der Waals surface area contributed by atoms with Crippen LogP contribution in [0.4, 0.5) is 0 Å². The second-order valence-corrected chi connectivity index (χ2v) is 16.2. The molecule has 0 aliphatic carbocycles. The van der Waals surface area contributed by atoms with Crippen molar-refractivity contribution < 1.29 is 24.5 Å². The molecule has 0 rings (SSSR count). The Balaban J connectivity index is 4.36. The molecule has 0 aliphatic rings. The molecule has 0 aromatic carbocycles. The SMILES string of the molecule is CCCCCCCCCCCCCCCCCC(O)C(CO)NC(=O)CC(CCCCCCCCC)OC(=O)CCCCCCCCCCCCC. The van der Waals surface area contributed by atoms with Gasteiger partial charge in [-0.15, -0.1) is 0 Å². The summed E-state index contributed by atoms with van der Waals surface area (Å²) in [5, 5.41) is 23.6. The van der Waals surface area contributed by atoms with Gasteiger partial charge in [0.15, 0.2) is 0 Å². The Morgan fingerprint density at radius 3 is 1.17 bits per heavy atom. The molecular formula is C46H91NO5. The van der Waals surface area contributed by atoms with E-state index in [0.29, 0.717) is 19.3 Å². The molecule has 0 spiro atoms. The largest absolute Gasteiger partial charge is 0.462 e. The summed E-state index contributed by atoms with van der Waals surface area (Å²) >= 11 is 0. The van der Waals surface area contributed by atoms with Crippen LogP contribution in [-0.4, -0.2) is 46.9 Å². The molecule has 6 heteroatoms. The van der Waals surface area contributed by atoms with E-state index in [1.165, 1.54) is 167 Å². The minimum Gasteiger partial charge on any atom is -0.462 e. The lowest BCUT2D eigenvalue weighted by Crippen LogP contribution is -2.46. The second kappa shape index (κ2) is 41.0. The number of unbranched alkanes of at least 4 members (excludes halogenated alkanes) is 30. The lowest BCUT2D eigenvalue weighted by atomic mass is 10.0. The Morgan fingerprint density at radius 2 is 0.808 bits per heavy atom. The normalized spacial score (nSPS) is 13.2. The highest BCUT2D eigenvalue weighted by Crippen LogP contribution is 2.18. The smallest absolute Gasteiger partial charge is 0.306 e. The van der Waals surface area contributed by atoms with Crippen LogP contribution in [0.5, 0.6) is 0 Å². The summed E-state index contributed by atoms with van der Waals surface area (Å²) in [5.74, 6) is -0.464. The number of nitrogens with one attached hydrogen (secondary N) is 1. The third kappa shape index (κ3) is 35.9. The Labute approximate surface area is 324 Å². The van der Waals surface area contributed by atoms with Crippen molar-refractivity contribution >= 4 is 11.9 Å². The van der Waals surface area contributed by atoms with Gasteiger partial charge in [0.05, 0.1) is 25.2 Å². The van der Waals surface area contributed by atoms with E-state index in [-0.39, 0.29) is 24.9 Å². The maximum absolute atomic E-state index is 13.1. The molecule has 0 saturated heterocycles. The number of carbonyl (C=O) groups is 2. The summed E-state index contributed by atoms with van der Waals surface area (Å²) in [7, 11) is 0. The van der Waals surface area contributed by atoms with Crippen molar-refractivity contribution in [2.75, 3.05) is 6.61 Å². The van der Waals surface area contributed by atoms with Crippen LogP contribution in [0, 0.1) is 0 Å². The van der Waals surface area contributed by atoms with Gasteiger partial charge in [-0.3, -0.25) is 9.59 Å². The average molecular weight is 738 g/mol. The fraction of sp³-hybridized carbons (Fsp3) is 0.957. The summed E-state index contributed by atoms with van der Waals surface area (Å²) in [6.07, 6.45) is 41.7. The van der Waals surface area contributed by atoms with Crippen molar-refractivity contribution in [2.45, 2.75) is 277 Å². The van der Waals surface area contributed by atoms with E-state index in [2.05, 4.69) is 26.1 Å². The van der Waals surface area contributed by atoms with Crippen LogP contribution in [-0.2, 0) is 14.3 Å². The van der Waals surface area contributed by atoms with Gasteiger partial charge in [0.2, 0.25) is 5.91 Å². The van der Waals surface area contributed by atoms with Crippen LogP contribution in [0.1, 0.15) is 258 Å². The second-order valence-electron chi connectivity index (χ2n) is 16.2. The van der Waals surface area contributed by atoms with E-state index in [4.69, 9.17) is 4.74 Å². The number of aliphatic hydroxyl groups is 2. The first kappa shape index (κ1) is 50.9. The van der Waals surface area contributed by atoms with E-state index < -0.39 is 18.2 Å². The fourth-order valence-corrected chi connectivity index (χ4v) is 7.37. The molecule has 0 aliphatic heterocycles. The zero-order valence-corrected chi connectivity index (χ0v) is 35.2. The molecule has 310 valence electrons. The number of aliphatic hydroxyl groups excluding tert-OH is 2. The molecule has 0 bridgehead atoms. The number of esters is 1. The Morgan fingerprint density at radius 1 is 0.481 bits per heavy atom. The zero-order valence-electron chi connectivity index (χ0n) is 35.2. The summed E-state index contributed by atoms with van der Waals surface area (Å²) in [6.45, 7) is 6.45. The first-order valence-electron chi connectivity index (χ1n) is 23.3. The molecule has 3 N–H and O–H groups in total. The average Bonchev–Trinajstić information content (AvgIpc) is 3.13. The summed E-state index contributed by atoms with van der Waals surface area (Å²) in [4.78, 5) is 25.8. The zero-order chi connectivity index (χ0) is 38.2. The third-order valence-electron chi connectivity index (χ3n) is 10.9. The van der Waals surface area contributed by atoms with Crippen molar-refractivity contribution in [3.05, 3.63) is 0 Å². The van der Waals surface area contributed by atoms with E-state index in [0.717, 1.165) is 44.9 Å². The van der Waals surface area contributed by atoms with Gasteiger partial charge in [-0.25, -0.2) is 0 Å². The van der Waals surface area contributed by atoms with Crippen molar-refractivity contribution in [3.63, 3.8) is 0 Å². The van der Waals surface area contributed by atoms with Crippen molar-refractivity contribution in [3.8, 4) is 0 Å². The van der Waals surface area contributed by atoms with Gasteiger partial charge in [0, 0.05) is 6.42 Å². The van der Waals surface area contributed by atoms with Crippen LogP contribution in [0.2, 0.25) is 0 Å². The molecule has 6 nitrogen and oxygen atoms in total. The van der Waals surface area contributed by atoms with Gasteiger partial charge < -0.3 is 20.3 Å². The van der Waals surface area contributed by atoms with Gasteiger partial charge in [-0.05, 0) is 25.7 Å². The molecule has 0 aromatic rings. The summed E-state index contributed by atoms with van der Waals surface area (Å²) in [5.41, 5.74) is 0. The maximum atomic E-state index is 13.1. The van der Waals surface area contributed by atoms with Crippen LogP contribution in [0.25, 0.3) is 0 Å². The predicted molar refractivity (Wildman–Crippen MR) is 223 cm³/mol. The van der Waals surface area contributed by atoms with Crippen LogP contribution in [0.3, 0.4) is 0 Å². The molecule has 52 heavy (non-hydrogen) atoms. The number of amides is 1. The first-order valence-corrected chi connectivity index (χ1v) is 23.3. The minimum absolute atomic E-state index is 0.0853. The van der Waals surface area contributed by atoms with Crippen molar-refractivity contribution in [2.24, 2.45) is 0 Å². The number of carbonyl (C=O) groups excluding carboxylic acids is 2. The highest BCUT2D eigenvalue weighted by Gasteiger charge is 2.24. The minimum atomic E-state index is -0.777. The molecular weight excluding hydrogens is 647 g/mol. The lowest BCUT2D eigenvalue weighted by molar-refractivity contribution is -0.151. The summed E-state index contributed by atoms with van der Waals surface area (Å²) < 4.78 is 5.87. The van der Waals surface area contributed by atoms with Gasteiger partial charge in [-0.1, -0.05) is 220 Å². The highest BCUT2D eigenvalue weighted by atomic mass is 16.5. The quantitative estimate of drug-likeness (QED) is 0.0428. The Bertz CT molecular complexity index is 746. The predicted octanol–water partition coefficient (Wildman–Crippen LogP) is 13.2. The van der Waals surface area contributed by atoms with Gasteiger partial charge in [-0.2, -0.15) is 0 Å². The first-order chi connectivity index (χ1) is 25.5. The number of hydrogen-bond donors (Lipinski definition) is 3. The van der Waals surface area contributed by atoms with E-state index >= 15 is 0 Å². The fourth-order valence-electron chi connectivity index (χ4n) is 7.37. The van der Waals surface area contributed by atoms with Gasteiger partial charge in [0.25, 0.3) is 0 Å². The Hall–Kier alpha value is -1.14. The van der Waals surface area contributed by atoms with E-state index in [1.54, 1.807) is 0 Å². The molecule has 0 radical (unpaired) electrons. The van der Waals surface area contributed by atoms with Gasteiger partial charge >= 0.3 is 5.97 Å². The van der Waals surface area contributed by atoms with Crippen LogP contribution in [0.15, 0.2) is 0 Å². The van der Waals surface area contributed by atoms with Gasteiger partial charge in [0.1, 0.15) is 6.10 Å². The number of rotatable bonds is 42. The van der Waals surface area contributed by atoms with Crippen molar-refractivity contribution in [1.82, 2.24) is 5.32 Å². The molecule has 0 fully saturated rings. The van der Waals surface area contributed by atoms with Crippen LogP contribution < -0.4 is 5.32 Å². The number of hydrogen-bond acceptors (Lipinski definition) is 5. The van der Waals surface area contributed by atoms with Crippen molar-refractivity contribution in [1.29, 1.82) is 0 Å². The molecule has 3 atom stereocenters. The molecule has 0 saturated carbocycles. The highest BCUT2D eigenvalue weighted by molar-refractivity contribution is 5.77. The lowest BCUT2D eigenvalue weighted by Gasteiger charge is -2.24. The standard InChI is InChI=1S/C46H91NO5/c1-4-7-10-13-16-18-20-21-22-23-25-26-29-32-35-38-44(49)43(41-48)47-45(50)40-42(37-34-31-28-15-12-9-6-3)52-46(51)39-36-33-30-27-24-19-17-14-11-8-5-2/h42-44,48-49H,4-41H2,1-3H3,(H,47,50). The third-order valence-corrected chi connectivity index (χ3v) is 10.9. The summed E-state index contributed by atoms with van der Waals surface area (Å²) in [6, 6.07) is -0.689. The monoisotopic (exact) mass is 738 g/mol. The molecule has 0 aromatic heterocycles. The van der Waals surface area contributed by atoms with E-state index in [9.17, 15) is 19.8 Å². The molecule has 1 amide bonds. The van der Waals surface area contributed by atoms with E-state index in [1.807, 2.05) is 0 Å². The molecule has 3 unspecified atom stereocenters. The maximum Gasteiger partial charge on any atom is 0.306 e. The number of ether oxygens (including phenoxy) is 1. The Kier molecular flexibility index (Phi) is 40.1. The topological polar surface area (TPSA) is 95.9 Å². The molecule has 0 heterocycles.